The lowest BCUT2D eigenvalue weighted by molar-refractivity contribution is -0.121. The first-order valence-corrected chi connectivity index (χ1v) is 6.88. The zero-order chi connectivity index (χ0) is 12.5. The average Bonchev–Trinajstić information content (AvgIpc) is 3.04. The van der Waals surface area contributed by atoms with Gasteiger partial charge in [-0.3, -0.25) is 4.79 Å². The van der Waals surface area contributed by atoms with E-state index in [9.17, 15) is 9.90 Å². The van der Waals surface area contributed by atoms with Crippen molar-refractivity contribution in [2.24, 2.45) is 0 Å². The van der Waals surface area contributed by atoms with Crippen LogP contribution in [0.25, 0.3) is 0 Å². The molecule has 1 fully saturated rings. The summed E-state index contributed by atoms with van der Waals surface area (Å²) in [7, 11) is 0. The Morgan fingerprint density at radius 3 is 2.94 bits per heavy atom. The maximum atomic E-state index is 11.6. The standard InChI is InChI=1S/C14H20N2O2/c17-13-3-1-2-10-8-16(9-12(10)13)7-6-14(18)15-11-4-5-11/h8-9,11,13,17H,1-7H2,(H,15,18). The Morgan fingerprint density at radius 2 is 2.22 bits per heavy atom. The van der Waals surface area contributed by atoms with E-state index < -0.39 is 0 Å². The number of carbonyl (C=O) groups excluding carboxylic acids is 1. The summed E-state index contributed by atoms with van der Waals surface area (Å²) >= 11 is 0. The minimum atomic E-state index is -0.310. The Morgan fingerprint density at radius 1 is 1.39 bits per heavy atom. The summed E-state index contributed by atoms with van der Waals surface area (Å²) < 4.78 is 2.05. The molecular formula is C14H20N2O2. The van der Waals surface area contributed by atoms with Crippen LogP contribution in [0, 0.1) is 0 Å². The number of aliphatic hydroxyl groups is 1. The molecule has 0 aromatic carbocycles. The first kappa shape index (κ1) is 11.8. The van der Waals surface area contributed by atoms with Crippen molar-refractivity contribution in [1.29, 1.82) is 0 Å². The fraction of sp³-hybridized carbons (Fsp3) is 0.643. The number of fused-ring (bicyclic) bond motifs is 1. The van der Waals surface area contributed by atoms with Crippen LogP contribution in [0.2, 0.25) is 0 Å². The third kappa shape index (κ3) is 2.58. The lowest BCUT2D eigenvalue weighted by atomic mass is 9.93. The fourth-order valence-electron chi connectivity index (χ4n) is 2.61. The van der Waals surface area contributed by atoms with Crippen LogP contribution in [0.15, 0.2) is 12.4 Å². The number of carbonyl (C=O) groups is 1. The predicted octanol–water partition coefficient (Wildman–Crippen LogP) is 1.53. The summed E-state index contributed by atoms with van der Waals surface area (Å²) in [6.45, 7) is 0.707. The number of aliphatic hydroxyl groups excluding tert-OH is 1. The number of nitrogens with one attached hydrogen (secondary N) is 1. The number of nitrogens with zero attached hydrogens (tertiary/aromatic N) is 1. The Hall–Kier alpha value is -1.29. The highest BCUT2D eigenvalue weighted by atomic mass is 16.3. The second kappa shape index (κ2) is 4.76. The third-order valence-electron chi connectivity index (χ3n) is 3.82. The predicted molar refractivity (Wildman–Crippen MR) is 68.1 cm³/mol. The normalized spacial score (nSPS) is 22.6. The van der Waals surface area contributed by atoms with E-state index in [0.29, 0.717) is 19.0 Å². The molecule has 1 amide bonds. The van der Waals surface area contributed by atoms with Crippen molar-refractivity contribution in [1.82, 2.24) is 9.88 Å². The van der Waals surface area contributed by atoms with E-state index in [4.69, 9.17) is 0 Å². The summed E-state index contributed by atoms with van der Waals surface area (Å²) in [4.78, 5) is 11.6. The molecule has 98 valence electrons. The Labute approximate surface area is 107 Å². The number of hydrogen-bond acceptors (Lipinski definition) is 2. The molecule has 0 saturated heterocycles. The summed E-state index contributed by atoms with van der Waals surface area (Å²) in [6, 6.07) is 0.442. The number of aryl methyl sites for hydroxylation is 2. The lowest BCUT2D eigenvalue weighted by Crippen LogP contribution is -2.26. The van der Waals surface area contributed by atoms with Crippen molar-refractivity contribution in [3.63, 3.8) is 0 Å². The molecule has 0 radical (unpaired) electrons. The van der Waals surface area contributed by atoms with Gasteiger partial charge in [-0.1, -0.05) is 0 Å². The van der Waals surface area contributed by atoms with Gasteiger partial charge in [-0.25, -0.2) is 0 Å². The van der Waals surface area contributed by atoms with Crippen LogP contribution in [0.1, 0.15) is 49.3 Å². The van der Waals surface area contributed by atoms with E-state index in [1.54, 1.807) is 0 Å². The maximum Gasteiger partial charge on any atom is 0.222 e. The van der Waals surface area contributed by atoms with Gasteiger partial charge in [0.15, 0.2) is 0 Å². The van der Waals surface area contributed by atoms with Gasteiger partial charge in [0.2, 0.25) is 5.91 Å². The SMILES string of the molecule is O=C(CCn1cc2c(c1)C(O)CCC2)NC1CC1. The topological polar surface area (TPSA) is 54.3 Å². The molecule has 0 spiro atoms. The van der Waals surface area contributed by atoms with Gasteiger partial charge in [0, 0.05) is 37.0 Å². The van der Waals surface area contributed by atoms with Gasteiger partial charge in [0.25, 0.3) is 0 Å². The van der Waals surface area contributed by atoms with Crippen molar-refractivity contribution in [2.75, 3.05) is 0 Å². The van der Waals surface area contributed by atoms with E-state index in [-0.39, 0.29) is 12.0 Å². The molecule has 4 heteroatoms. The fourth-order valence-corrected chi connectivity index (χ4v) is 2.61. The zero-order valence-electron chi connectivity index (χ0n) is 10.6. The molecule has 1 aromatic rings. The lowest BCUT2D eigenvalue weighted by Gasteiger charge is -2.16. The molecule has 2 aliphatic rings. The van der Waals surface area contributed by atoms with E-state index in [2.05, 4.69) is 11.5 Å². The second-order valence-corrected chi connectivity index (χ2v) is 5.48. The maximum absolute atomic E-state index is 11.6. The van der Waals surface area contributed by atoms with Crippen molar-refractivity contribution in [3.8, 4) is 0 Å². The van der Waals surface area contributed by atoms with E-state index >= 15 is 0 Å². The van der Waals surface area contributed by atoms with Crippen LogP contribution in [0.3, 0.4) is 0 Å². The number of aromatic nitrogens is 1. The minimum Gasteiger partial charge on any atom is -0.388 e. The molecule has 2 aliphatic carbocycles. The molecule has 0 bridgehead atoms. The molecule has 4 nitrogen and oxygen atoms in total. The summed E-state index contributed by atoms with van der Waals surface area (Å²) in [5.74, 6) is 0.143. The number of amides is 1. The van der Waals surface area contributed by atoms with Crippen molar-refractivity contribution in [3.05, 3.63) is 23.5 Å². The van der Waals surface area contributed by atoms with Gasteiger partial charge in [0.1, 0.15) is 0 Å². The highest BCUT2D eigenvalue weighted by Crippen LogP contribution is 2.30. The molecule has 18 heavy (non-hydrogen) atoms. The van der Waals surface area contributed by atoms with Gasteiger partial charge in [0.05, 0.1) is 6.10 Å². The van der Waals surface area contributed by atoms with Crippen LogP contribution < -0.4 is 5.32 Å². The molecule has 3 rings (SSSR count). The molecule has 1 atom stereocenters. The molecular weight excluding hydrogens is 228 g/mol. The highest BCUT2D eigenvalue weighted by molar-refractivity contribution is 5.76. The summed E-state index contributed by atoms with van der Waals surface area (Å²) in [6.07, 6.45) is 9.54. The van der Waals surface area contributed by atoms with Crippen LogP contribution >= 0.6 is 0 Å². The van der Waals surface area contributed by atoms with E-state index in [1.165, 1.54) is 5.56 Å². The van der Waals surface area contributed by atoms with Crippen molar-refractivity contribution < 1.29 is 9.90 Å². The zero-order valence-corrected chi connectivity index (χ0v) is 10.6. The van der Waals surface area contributed by atoms with E-state index in [1.807, 2.05) is 10.8 Å². The minimum absolute atomic E-state index is 0.143. The van der Waals surface area contributed by atoms with Crippen LogP contribution in [0.5, 0.6) is 0 Å². The Bertz CT molecular complexity index is 449. The molecule has 2 N–H and O–H groups in total. The Kier molecular flexibility index (Phi) is 3.12. The van der Waals surface area contributed by atoms with Crippen LogP contribution in [-0.4, -0.2) is 21.6 Å². The average molecular weight is 248 g/mol. The summed E-state index contributed by atoms with van der Waals surface area (Å²) in [5, 5.41) is 12.9. The van der Waals surface area contributed by atoms with Gasteiger partial charge in [-0.15, -0.1) is 0 Å². The smallest absolute Gasteiger partial charge is 0.222 e. The van der Waals surface area contributed by atoms with Crippen LogP contribution in [-0.2, 0) is 17.8 Å². The summed E-state index contributed by atoms with van der Waals surface area (Å²) in [5.41, 5.74) is 2.31. The second-order valence-electron chi connectivity index (χ2n) is 5.48. The number of rotatable bonds is 4. The number of hydrogen-bond donors (Lipinski definition) is 2. The first-order chi connectivity index (χ1) is 8.72. The van der Waals surface area contributed by atoms with Crippen molar-refractivity contribution in [2.45, 2.75) is 57.2 Å². The van der Waals surface area contributed by atoms with Crippen molar-refractivity contribution >= 4 is 5.91 Å². The highest BCUT2D eigenvalue weighted by Gasteiger charge is 2.23. The monoisotopic (exact) mass is 248 g/mol. The molecule has 1 saturated carbocycles. The van der Waals surface area contributed by atoms with Gasteiger partial charge >= 0.3 is 0 Å². The Balaban J connectivity index is 1.57. The first-order valence-electron chi connectivity index (χ1n) is 6.88. The third-order valence-corrected chi connectivity index (χ3v) is 3.82. The van der Waals surface area contributed by atoms with Gasteiger partial charge < -0.3 is 15.0 Å². The van der Waals surface area contributed by atoms with Crippen LogP contribution in [0.4, 0.5) is 0 Å². The molecule has 0 aliphatic heterocycles. The largest absolute Gasteiger partial charge is 0.388 e. The molecule has 1 aromatic heterocycles. The molecule has 1 heterocycles. The van der Waals surface area contributed by atoms with E-state index in [0.717, 1.165) is 37.7 Å². The van der Waals surface area contributed by atoms with Gasteiger partial charge in [-0.05, 0) is 37.7 Å². The molecule has 1 unspecified atom stereocenters. The van der Waals surface area contributed by atoms with Gasteiger partial charge in [-0.2, -0.15) is 0 Å². The quantitative estimate of drug-likeness (QED) is 0.849.